The van der Waals surface area contributed by atoms with Crippen LogP contribution < -0.4 is 0 Å². The lowest BCUT2D eigenvalue weighted by Crippen LogP contribution is -2.27. The molecular weight excluding hydrogens is 558 g/mol. The molecule has 0 N–H and O–H groups in total. The minimum absolute atomic E-state index is 0.0742. The number of allylic oxidation sites excluding steroid dienone is 1. The van der Waals surface area contributed by atoms with Gasteiger partial charge in [0.15, 0.2) is 0 Å². The molecule has 258 valence electrons. The largest absolute Gasteiger partial charge is 0.466 e. The van der Waals surface area contributed by atoms with Crippen molar-refractivity contribution in [1.29, 1.82) is 0 Å². The van der Waals surface area contributed by atoms with Gasteiger partial charge in [0.05, 0.1) is 13.2 Å². The summed E-state index contributed by atoms with van der Waals surface area (Å²) < 4.78 is 11.6. The minimum Gasteiger partial charge on any atom is -0.466 e. The van der Waals surface area contributed by atoms with Gasteiger partial charge in [-0.2, -0.15) is 0 Å². The van der Waals surface area contributed by atoms with Crippen LogP contribution in [-0.2, 0) is 19.1 Å². The molecule has 5 heteroatoms. The number of carbonyl (C=O) groups excluding carboxylic acids is 2. The number of hydrogen-bond donors (Lipinski definition) is 0. The number of cyclic esters (lactones) is 2. The molecule has 5 nitrogen and oxygen atoms in total. The predicted molar refractivity (Wildman–Crippen MR) is 188 cm³/mol. The third-order valence-corrected chi connectivity index (χ3v) is 9.51. The van der Waals surface area contributed by atoms with Gasteiger partial charge in [-0.25, -0.2) is 0 Å². The van der Waals surface area contributed by atoms with Gasteiger partial charge >= 0.3 is 11.9 Å². The highest BCUT2D eigenvalue weighted by atomic mass is 16.5. The molecule has 0 aromatic carbocycles. The van der Waals surface area contributed by atoms with Gasteiger partial charge in [-0.3, -0.25) is 9.59 Å². The van der Waals surface area contributed by atoms with Crippen LogP contribution in [0.4, 0.5) is 0 Å². The van der Waals surface area contributed by atoms with Crippen molar-refractivity contribution in [3.05, 3.63) is 29.3 Å². The number of unbranched alkanes of at least 4 members (excludes halogenated alkanes) is 4. The molecule has 1 aliphatic heterocycles. The molecule has 0 aliphatic carbocycles. The molecule has 0 aromatic heterocycles. The summed E-state index contributed by atoms with van der Waals surface area (Å²) in [5.74, 6) is 0.346. The van der Waals surface area contributed by atoms with Gasteiger partial charge in [0.1, 0.15) is 0 Å². The molecule has 2 unspecified atom stereocenters. The molecule has 0 saturated carbocycles. The van der Waals surface area contributed by atoms with Gasteiger partial charge in [0.25, 0.3) is 0 Å². The van der Waals surface area contributed by atoms with Gasteiger partial charge in [-0.05, 0) is 95.2 Å². The fourth-order valence-corrected chi connectivity index (χ4v) is 6.64. The quantitative estimate of drug-likeness (QED) is 0.145. The number of carbonyl (C=O) groups is 2. The van der Waals surface area contributed by atoms with Gasteiger partial charge in [0, 0.05) is 18.9 Å². The Labute approximate surface area is 278 Å². The Morgan fingerprint density at radius 1 is 0.667 bits per heavy atom. The van der Waals surface area contributed by atoms with Crippen LogP contribution in [0, 0.1) is 11.8 Å². The lowest BCUT2D eigenvalue weighted by atomic mass is 9.79. The van der Waals surface area contributed by atoms with Crippen molar-refractivity contribution >= 4 is 11.9 Å². The van der Waals surface area contributed by atoms with Crippen LogP contribution in [0.5, 0.6) is 0 Å². The van der Waals surface area contributed by atoms with Crippen LogP contribution in [0.2, 0.25) is 0 Å². The molecule has 1 saturated heterocycles. The van der Waals surface area contributed by atoms with E-state index in [0.717, 1.165) is 77.0 Å². The first-order chi connectivity index (χ1) is 21.9. The van der Waals surface area contributed by atoms with E-state index < -0.39 is 0 Å². The second-order valence-electron chi connectivity index (χ2n) is 13.5. The number of hydrogen-bond acceptors (Lipinski definition) is 5. The van der Waals surface area contributed by atoms with Crippen molar-refractivity contribution in [2.45, 2.75) is 174 Å². The molecule has 1 fully saturated rings. The van der Waals surface area contributed by atoms with E-state index in [0.29, 0.717) is 32.1 Å². The van der Waals surface area contributed by atoms with Crippen LogP contribution in [0.25, 0.3) is 0 Å². The fraction of sp³-hybridized carbons (Fsp3) is 0.825. The van der Waals surface area contributed by atoms with Crippen molar-refractivity contribution in [2.24, 2.45) is 11.8 Å². The van der Waals surface area contributed by atoms with Crippen molar-refractivity contribution < 1.29 is 19.1 Å². The van der Waals surface area contributed by atoms with Crippen molar-refractivity contribution in [1.82, 2.24) is 4.90 Å². The normalized spacial score (nSPS) is 23.3. The Morgan fingerprint density at radius 2 is 1.11 bits per heavy atom. The standard InChI is InChI=1S/C40H69NO4/c1-6-9-18-24-35-31-33-44-39(42)29-22-16-12-14-20-26-37(41(4)5)27-21-15-13-17-23-30-40(43)45-34-32-36(25-19-10-7-2)38(35)28-11-8-3/h35-37H,3,6-7,9-10,12-27,29-34H2,1-2,4-5H3. The van der Waals surface area contributed by atoms with E-state index >= 15 is 0 Å². The molecule has 1 heterocycles. The first-order valence-corrected chi connectivity index (χ1v) is 18.8. The first-order valence-electron chi connectivity index (χ1n) is 18.8. The zero-order valence-electron chi connectivity index (χ0n) is 29.9. The molecule has 0 bridgehead atoms. The number of nitrogens with zero attached hydrogens (tertiary/aromatic N) is 1. The highest BCUT2D eigenvalue weighted by molar-refractivity contribution is 5.69. The third-order valence-electron chi connectivity index (χ3n) is 9.51. The topological polar surface area (TPSA) is 55.8 Å². The van der Waals surface area contributed by atoms with E-state index in [1.54, 1.807) is 0 Å². The molecule has 45 heavy (non-hydrogen) atoms. The zero-order chi connectivity index (χ0) is 33.0. The Bertz CT molecular complexity index is 840. The van der Waals surface area contributed by atoms with E-state index in [-0.39, 0.29) is 23.8 Å². The summed E-state index contributed by atoms with van der Waals surface area (Å²) in [5, 5.41) is 0. The molecule has 0 amide bonds. The van der Waals surface area contributed by atoms with Crippen molar-refractivity contribution in [2.75, 3.05) is 27.3 Å². The maximum absolute atomic E-state index is 12.6. The fourth-order valence-electron chi connectivity index (χ4n) is 6.64. The van der Waals surface area contributed by atoms with Gasteiger partial charge in [-0.15, -0.1) is 0 Å². The smallest absolute Gasteiger partial charge is 0.305 e. The second-order valence-corrected chi connectivity index (χ2v) is 13.5. The van der Waals surface area contributed by atoms with Crippen molar-refractivity contribution in [3.8, 4) is 0 Å². The summed E-state index contributed by atoms with van der Waals surface area (Å²) in [4.78, 5) is 27.6. The Balaban J connectivity index is 3.00. The molecular formula is C40H69NO4. The molecule has 0 radical (unpaired) electrons. The lowest BCUT2D eigenvalue weighted by Gasteiger charge is -2.26. The average Bonchev–Trinajstić information content (AvgIpc) is 3.01. The second kappa shape index (κ2) is 28.2. The average molecular weight is 628 g/mol. The van der Waals surface area contributed by atoms with Crippen LogP contribution >= 0.6 is 0 Å². The minimum atomic E-state index is -0.0742. The predicted octanol–water partition coefficient (Wildman–Crippen LogP) is 10.7. The summed E-state index contributed by atoms with van der Waals surface area (Å²) in [5.41, 5.74) is 10.5. The van der Waals surface area contributed by atoms with E-state index in [2.05, 4.69) is 56.6 Å². The van der Waals surface area contributed by atoms with E-state index in [9.17, 15) is 9.59 Å². The highest BCUT2D eigenvalue weighted by Crippen LogP contribution is 2.33. The van der Waals surface area contributed by atoms with Gasteiger partial charge < -0.3 is 14.4 Å². The highest BCUT2D eigenvalue weighted by Gasteiger charge is 2.24. The molecule has 2 atom stereocenters. The Kier molecular flexibility index (Phi) is 25.7. The SMILES string of the molecule is C=C=C=C=C1C(CCCCC)CCOC(=O)CCCCCCCC(N(C)C)CCCCCCCC(=O)OCCC1CCCCC. The zero-order valence-corrected chi connectivity index (χ0v) is 29.9. The maximum Gasteiger partial charge on any atom is 0.305 e. The summed E-state index contributed by atoms with van der Waals surface area (Å²) in [6.07, 6.45) is 25.4. The van der Waals surface area contributed by atoms with Gasteiger partial charge in [-0.1, -0.05) is 115 Å². The number of esters is 2. The van der Waals surface area contributed by atoms with Crippen LogP contribution in [0.1, 0.15) is 168 Å². The Morgan fingerprint density at radius 3 is 1.53 bits per heavy atom. The third kappa shape index (κ3) is 21.4. The lowest BCUT2D eigenvalue weighted by molar-refractivity contribution is -0.144. The van der Waals surface area contributed by atoms with Gasteiger partial charge in [0.2, 0.25) is 0 Å². The summed E-state index contributed by atoms with van der Waals surface area (Å²) in [6, 6.07) is 0.642. The van der Waals surface area contributed by atoms with E-state index in [1.807, 2.05) is 0 Å². The summed E-state index contributed by atoms with van der Waals surface area (Å²) in [6.45, 7) is 9.05. The number of rotatable bonds is 9. The molecule has 0 aromatic rings. The van der Waals surface area contributed by atoms with Crippen molar-refractivity contribution in [3.63, 3.8) is 0 Å². The maximum atomic E-state index is 12.6. The van der Waals surface area contributed by atoms with Crippen LogP contribution in [-0.4, -0.2) is 50.2 Å². The van der Waals surface area contributed by atoms with E-state index in [1.165, 1.54) is 69.8 Å². The Hall–Kier alpha value is -2.02. The molecule has 0 spiro atoms. The number of ether oxygens (including phenoxy) is 2. The summed E-state index contributed by atoms with van der Waals surface area (Å²) in [7, 11) is 4.40. The monoisotopic (exact) mass is 628 g/mol. The van der Waals surface area contributed by atoms with E-state index in [4.69, 9.17) is 9.47 Å². The first kappa shape index (κ1) is 41.0. The molecule has 1 aliphatic rings. The summed E-state index contributed by atoms with van der Waals surface area (Å²) >= 11 is 0. The molecule has 1 rings (SSSR count). The van der Waals surface area contributed by atoms with Crippen LogP contribution in [0.3, 0.4) is 0 Å². The van der Waals surface area contributed by atoms with Crippen LogP contribution in [0.15, 0.2) is 29.3 Å².